The Balaban J connectivity index is 1.94. The van der Waals surface area contributed by atoms with Crippen LogP contribution in [0, 0.1) is 6.92 Å². The Hall–Kier alpha value is -2.07. The summed E-state index contributed by atoms with van der Waals surface area (Å²) in [6, 6.07) is 8.13. The van der Waals surface area contributed by atoms with Crippen LogP contribution in [0.4, 0.5) is 0 Å². The maximum Gasteiger partial charge on any atom is 0.194 e. The first-order chi connectivity index (χ1) is 9.92. The van der Waals surface area contributed by atoms with Gasteiger partial charge in [0.05, 0.1) is 0 Å². The van der Waals surface area contributed by atoms with E-state index in [0.29, 0.717) is 12.3 Å². The summed E-state index contributed by atoms with van der Waals surface area (Å²) in [6.07, 6.45) is 1.47. The molecule has 21 heavy (non-hydrogen) atoms. The van der Waals surface area contributed by atoms with Gasteiger partial charge >= 0.3 is 0 Å². The average Bonchev–Trinajstić information content (AvgIpc) is 3.00. The van der Waals surface area contributed by atoms with E-state index in [4.69, 9.17) is 8.83 Å². The van der Waals surface area contributed by atoms with E-state index >= 15 is 0 Å². The van der Waals surface area contributed by atoms with Crippen LogP contribution >= 0.6 is 0 Å². The van der Waals surface area contributed by atoms with Crippen LogP contribution in [0.15, 0.2) is 39.5 Å². The molecule has 4 nitrogen and oxygen atoms in total. The normalized spacial score (nSPS) is 12.2. The fourth-order valence-electron chi connectivity index (χ4n) is 2.22. The molecule has 110 valence electrons. The lowest BCUT2D eigenvalue weighted by Gasteiger charge is -2.19. The monoisotopic (exact) mass is 284 g/mol. The summed E-state index contributed by atoms with van der Waals surface area (Å²) < 4.78 is 11.4. The zero-order valence-electron chi connectivity index (χ0n) is 12.9. The number of hydrogen-bond donors (Lipinski definition) is 1. The van der Waals surface area contributed by atoms with Gasteiger partial charge in [-0.2, -0.15) is 0 Å². The smallest absolute Gasteiger partial charge is 0.194 e. The number of aryl methyl sites for hydroxylation is 1. The number of aromatic nitrogens is 1. The van der Waals surface area contributed by atoms with Crippen LogP contribution in [-0.2, 0) is 6.54 Å². The molecule has 0 radical (unpaired) electrons. The Morgan fingerprint density at radius 3 is 2.76 bits per heavy atom. The zero-order chi connectivity index (χ0) is 15.0. The molecule has 0 aliphatic rings. The highest BCUT2D eigenvalue weighted by Gasteiger charge is 2.17. The molecule has 0 amide bonds. The summed E-state index contributed by atoms with van der Waals surface area (Å²) in [5.74, 6) is 1.42. The molecule has 3 aromatic rings. The van der Waals surface area contributed by atoms with E-state index in [1.807, 2.05) is 18.2 Å². The third-order valence-electron chi connectivity index (χ3n) is 3.32. The number of rotatable bonds is 3. The number of hydrogen-bond acceptors (Lipinski definition) is 4. The molecular weight excluding hydrogens is 264 g/mol. The Kier molecular flexibility index (Phi) is 3.33. The average molecular weight is 284 g/mol. The van der Waals surface area contributed by atoms with Crippen LogP contribution in [0.2, 0.25) is 0 Å². The minimum atomic E-state index is 0.0290. The van der Waals surface area contributed by atoms with Crippen molar-refractivity contribution < 1.29 is 8.83 Å². The van der Waals surface area contributed by atoms with Gasteiger partial charge in [-0.25, -0.2) is 4.98 Å². The third kappa shape index (κ3) is 3.00. The summed E-state index contributed by atoms with van der Waals surface area (Å²) >= 11 is 0. The minimum Gasteiger partial charge on any atom is -0.453 e. The van der Waals surface area contributed by atoms with Gasteiger partial charge in [0.2, 0.25) is 0 Å². The van der Waals surface area contributed by atoms with Gasteiger partial charge < -0.3 is 14.2 Å². The topological polar surface area (TPSA) is 51.2 Å². The summed E-state index contributed by atoms with van der Waals surface area (Å²) in [7, 11) is 0. The standard InChI is InChI=1S/C17H20N2O2/c1-11-5-6-14-12(7-11)8-15(21-14)16-13(18-10-20-16)9-19-17(2,3)4/h5-8,10,19H,9H2,1-4H3. The first-order valence-corrected chi connectivity index (χ1v) is 7.10. The minimum absolute atomic E-state index is 0.0290. The maximum absolute atomic E-state index is 5.88. The highest BCUT2D eigenvalue weighted by molar-refractivity contribution is 5.82. The van der Waals surface area contributed by atoms with Crippen molar-refractivity contribution >= 4 is 11.0 Å². The molecule has 0 aliphatic carbocycles. The summed E-state index contributed by atoms with van der Waals surface area (Å²) in [4.78, 5) is 4.29. The third-order valence-corrected chi connectivity index (χ3v) is 3.32. The van der Waals surface area contributed by atoms with E-state index in [9.17, 15) is 0 Å². The van der Waals surface area contributed by atoms with Crippen molar-refractivity contribution in [2.45, 2.75) is 39.8 Å². The molecule has 0 saturated heterocycles. The number of benzene rings is 1. The Morgan fingerprint density at radius 1 is 1.19 bits per heavy atom. The zero-order valence-corrected chi connectivity index (χ0v) is 12.9. The van der Waals surface area contributed by atoms with Crippen molar-refractivity contribution in [1.29, 1.82) is 0 Å². The first-order valence-electron chi connectivity index (χ1n) is 7.10. The van der Waals surface area contributed by atoms with Gasteiger partial charge in [0.25, 0.3) is 0 Å². The fraction of sp³-hybridized carbons (Fsp3) is 0.353. The Labute approximate surface area is 124 Å². The fourth-order valence-corrected chi connectivity index (χ4v) is 2.22. The van der Waals surface area contributed by atoms with E-state index in [1.54, 1.807) is 0 Å². The second-order valence-corrected chi connectivity index (χ2v) is 6.38. The van der Waals surface area contributed by atoms with Crippen molar-refractivity contribution in [2.24, 2.45) is 0 Å². The predicted molar refractivity (Wildman–Crippen MR) is 83.0 cm³/mol. The lowest BCUT2D eigenvalue weighted by atomic mass is 10.1. The van der Waals surface area contributed by atoms with E-state index in [0.717, 1.165) is 22.4 Å². The van der Waals surface area contributed by atoms with Crippen LogP contribution in [0.25, 0.3) is 22.5 Å². The van der Waals surface area contributed by atoms with Gasteiger partial charge in [0, 0.05) is 17.5 Å². The van der Waals surface area contributed by atoms with Gasteiger partial charge in [0.15, 0.2) is 17.9 Å². The molecule has 0 aliphatic heterocycles. The number of fused-ring (bicyclic) bond motifs is 1. The van der Waals surface area contributed by atoms with Gasteiger partial charge in [-0.3, -0.25) is 0 Å². The van der Waals surface area contributed by atoms with Gasteiger partial charge in [-0.15, -0.1) is 0 Å². The van der Waals surface area contributed by atoms with Gasteiger partial charge in [-0.05, 0) is 45.9 Å². The first kappa shape index (κ1) is 13.9. The van der Waals surface area contributed by atoms with Crippen LogP contribution in [0.3, 0.4) is 0 Å². The number of oxazole rings is 1. The molecule has 0 fully saturated rings. The molecule has 0 atom stereocenters. The van der Waals surface area contributed by atoms with E-state index in [1.165, 1.54) is 12.0 Å². The summed E-state index contributed by atoms with van der Waals surface area (Å²) in [5.41, 5.74) is 2.96. The Bertz CT molecular complexity index is 763. The van der Waals surface area contributed by atoms with Crippen LogP contribution in [0.1, 0.15) is 32.0 Å². The molecule has 0 saturated carbocycles. The quantitative estimate of drug-likeness (QED) is 0.779. The molecular formula is C17H20N2O2. The summed E-state index contributed by atoms with van der Waals surface area (Å²) in [6.45, 7) is 9.08. The molecule has 4 heteroatoms. The maximum atomic E-state index is 5.88. The molecule has 0 bridgehead atoms. The highest BCUT2D eigenvalue weighted by Crippen LogP contribution is 2.30. The van der Waals surface area contributed by atoms with E-state index in [2.05, 4.69) is 44.1 Å². The van der Waals surface area contributed by atoms with Crippen LogP contribution in [-0.4, -0.2) is 10.5 Å². The molecule has 3 rings (SSSR count). The highest BCUT2D eigenvalue weighted by atomic mass is 16.4. The molecule has 0 spiro atoms. The SMILES string of the molecule is Cc1ccc2oc(-c3ocnc3CNC(C)(C)C)cc2c1. The van der Waals surface area contributed by atoms with Crippen molar-refractivity contribution in [2.75, 3.05) is 0 Å². The van der Waals surface area contributed by atoms with Crippen molar-refractivity contribution in [1.82, 2.24) is 10.3 Å². The van der Waals surface area contributed by atoms with Gasteiger partial charge in [0.1, 0.15) is 11.3 Å². The molecule has 1 N–H and O–H groups in total. The molecule has 0 unspecified atom stereocenters. The number of nitrogens with one attached hydrogen (secondary N) is 1. The molecule has 2 aromatic heterocycles. The molecule has 1 aromatic carbocycles. The van der Waals surface area contributed by atoms with E-state index in [-0.39, 0.29) is 5.54 Å². The lowest BCUT2D eigenvalue weighted by molar-refractivity contribution is 0.421. The Morgan fingerprint density at radius 2 is 2.00 bits per heavy atom. The second kappa shape index (κ2) is 5.04. The van der Waals surface area contributed by atoms with Crippen molar-refractivity contribution in [3.8, 4) is 11.5 Å². The number of furan rings is 1. The number of nitrogens with zero attached hydrogens (tertiary/aromatic N) is 1. The lowest BCUT2D eigenvalue weighted by Crippen LogP contribution is -2.35. The van der Waals surface area contributed by atoms with E-state index < -0.39 is 0 Å². The molecule has 2 heterocycles. The summed E-state index contributed by atoms with van der Waals surface area (Å²) in [5, 5.41) is 4.49. The van der Waals surface area contributed by atoms with Gasteiger partial charge in [-0.1, -0.05) is 11.6 Å². The largest absolute Gasteiger partial charge is 0.453 e. The van der Waals surface area contributed by atoms with Crippen LogP contribution in [0.5, 0.6) is 0 Å². The predicted octanol–water partition coefficient (Wildman–Crippen LogP) is 4.28. The van der Waals surface area contributed by atoms with Crippen molar-refractivity contribution in [3.05, 3.63) is 41.9 Å². The van der Waals surface area contributed by atoms with Crippen molar-refractivity contribution in [3.63, 3.8) is 0 Å². The second-order valence-electron chi connectivity index (χ2n) is 6.38. The van der Waals surface area contributed by atoms with Crippen LogP contribution < -0.4 is 5.32 Å².